The Morgan fingerprint density at radius 1 is 1.11 bits per heavy atom. The normalized spacial score (nSPS) is 12.8. The number of likely N-dealkylation sites (N-methyl/N-ethyl adjacent to an activating group) is 1. The summed E-state index contributed by atoms with van der Waals surface area (Å²) < 4.78 is 26.7. The van der Waals surface area contributed by atoms with Gasteiger partial charge in [-0.25, -0.2) is 8.42 Å². The zero-order chi connectivity index (χ0) is 20.0. The molecule has 0 aromatic heterocycles. The molecule has 1 N–H and O–H groups in total. The summed E-state index contributed by atoms with van der Waals surface area (Å²) in [5, 5.41) is 2.89. The first-order valence-corrected chi connectivity index (χ1v) is 10.5. The maximum atomic E-state index is 12.8. The van der Waals surface area contributed by atoms with E-state index in [1.165, 1.54) is 12.6 Å². The summed E-state index contributed by atoms with van der Waals surface area (Å²) in [6, 6.07) is 15.3. The average Bonchev–Trinajstić information content (AvgIpc) is 2.62. The lowest BCUT2D eigenvalue weighted by Gasteiger charge is -2.20. The molecule has 2 rings (SSSR count). The lowest BCUT2D eigenvalue weighted by atomic mass is 10.1. The molecular formula is C21H28N2O3S. The van der Waals surface area contributed by atoms with E-state index in [2.05, 4.69) is 17.4 Å². The number of amides is 1. The topological polar surface area (TPSA) is 66.5 Å². The lowest BCUT2D eigenvalue weighted by Crippen LogP contribution is -2.42. The van der Waals surface area contributed by atoms with Crippen molar-refractivity contribution >= 4 is 15.9 Å². The Kier molecular flexibility index (Phi) is 7.16. The number of carbonyl (C=O) groups is 1. The molecule has 0 aliphatic carbocycles. The van der Waals surface area contributed by atoms with Crippen molar-refractivity contribution in [3.8, 4) is 0 Å². The highest BCUT2D eigenvalue weighted by Gasteiger charge is 2.25. The van der Waals surface area contributed by atoms with Gasteiger partial charge in [-0.15, -0.1) is 0 Å². The number of nitrogens with one attached hydrogen (secondary N) is 1. The molecule has 1 amide bonds. The Bertz CT molecular complexity index is 880. The molecule has 5 nitrogen and oxygen atoms in total. The van der Waals surface area contributed by atoms with Crippen LogP contribution in [0.5, 0.6) is 0 Å². The Hall–Kier alpha value is -2.18. The predicted octanol–water partition coefficient (Wildman–Crippen LogP) is 3.06. The molecule has 0 aliphatic heterocycles. The summed E-state index contributed by atoms with van der Waals surface area (Å²) >= 11 is 0. The van der Waals surface area contributed by atoms with Crippen molar-refractivity contribution in [3.05, 3.63) is 65.2 Å². The van der Waals surface area contributed by atoms with E-state index in [9.17, 15) is 13.2 Å². The second-order valence-electron chi connectivity index (χ2n) is 7.02. The number of hydrogen-bond acceptors (Lipinski definition) is 3. The third-order valence-electron chi connectivity index (χ3n) is 4.51. The van der Waals surface area contributed by atoms with Crippen LogP contribution in [0.25, 0.3) is 0 Å². The van der Waals surface area contributed by atoms with E-state index in [1.807, 2.05) is 38.1 Å². The zero-order valence-electron chi connectivity index (χ0n) is 16.4. The van der Waals surface area contributed by atoms with E-state index >= 15 is 0 Å². The molecule has 27 heavy (non-hydrogen) atoms. The molecule has 0 aliphatic rings. The van der Waals surface area contributed by atoms with Gasteiger partial charge in [-0.05, 0) is 56.4 Å². The van der Waals surface area contributed by atoms with Crippen LogP contribution in [0, 0.1) is 13.8 Å². The van der Waals surface area contributed by atoms with Gasteiger partial charge >= 0.3 is 0 Å². The smallest absolute Gasteiger partial charge is 0.243 e. The van der Waals surface area contributed by atoms with Crippen molar-refractivity contribution in [2.45, 2.75) is 44.6 Å². The molecule has 0 fully saturated rings. The monoisotopic (exact) mass is 388 g/mol. The number of hydrogen-bond donors (Lipinski definition) is 1. The van der Waals surface area contributed by atoms with E-state index in [1.54, 1.807) is 19.1 Å². The van der Waals surface area contributed by atoms with Gasteiger partial charge in [0.05, 0.1) is 11.4 Å². The molecule has 0 unspecified atom stereocenters. The van der Waals surface area contributed by atoms with E-state index in [0.29, 0.717) is 5.56 Å². The van der Waals surface area contributed by atoms with E-state index in [0.717, 1.165) is 22.7 Å². The summed E-state index contributed by atoms with van der Waals surface area (Å²) in [4.78, 5) is 12.5. The van der Waals surface area contributed by atoms with Crippen molar-refractivity contribution in [3.63, 3.8) is 0 Å². The lowest BCUT2D eigenvalue weighted by molar-refractivity contribution is -0.121. The standard InChI is InChI=1S/C21H28N2O3S/c1-16-10-11-17(2)20(14-16)27(25,26)23(4)15-21(24)22-18(3)12-13-19-8-6-5-7-9-19/h5-11,14,18H,12-13,15H2,1-4H3,(H,22,24)/t18-/m1/s1. The molecule has 2 aromatic carbocycles. The summed E-state index contributed by atoms with van der Waals surface area (Å²) in [5.41, 5.74) is 2.75. The third-order valence-corrected chi connectivity index (χ3v) is 6.46. The summed E-state index contributed by atoms with van der Waals surface area (Å²) in [5.74, 6) is -0.299. The van der Waals surface area contributed by atoms with Gasteiger partial charge in [-0.3, -0.25) is 4.79 Å². The number of rotatable bonds is 8. The van der Waals surface area contributed by atoms with E-state index in [4.69, 9.17) is 0 Å². The van der Waals surface area contributed by atoms with Crippen LogP contribution in [0.2, 0.25) is 0 Å². The van der Waals surface area contributed by atoms with Gasteiger partial charge in [0.1, 0.15) is 0 Å². The molecule has 146 valence electrons. The highest BCUT2D eigenvalue weighted by molar-refractivity contribution is 7.89. The van der Waals surface area contributed by atoms with Crippen molar-refractivity contribution in [2.75, 3.05) is 13.6 Å². The average molecular weight is 389 g/mol. The van der Waals surface area contributed by atoms with Crippen LogP contribution in [0.1, 0.15) is 30.0 Å². The first-order chi connectivity index (χ1) is 12.7. The van der Waals surface area contributed by atoms with Crippen LogP contribution in [0.15, 0.2) is 53.4 Å². The minimum absolute atomic E-state index is 0.0329. The Morgan fingerprint density at radius 2 is 1.78 bits per heavy atom. The minimum atomic E-state index is -3.71. The van der Waals surface area contributed by atoms with Crippen molar-refractivity contribution in [2.24, 2.45) is 0 Å². The van der Waals surface area contributed by atoms with Gasteiger partial charge in [-0.1, -0.05) is 42.5 Å². The number of carbonyl (C=O) groups excluding carboxylic acids is 1. The second kappa shape index (κ2) is 9.15. The van der Waals surface area contributed by atoms with E-state index < -0.39 is 10.0 Å². The van der Waals surface area contributed by atoms with Gasteiger partial charge in [0.25, 0.3) is 0 Å². The number of nitrogens with zero attached hydrogens (tertiary/aromatic N) is 1. The first-order valence-electron chi connectivity index (χ1n) is 9.07. The van der Waals surface area contributed by atoms with Gasteiger partial charge < -0.3 is 5.32 Å². The third kappa shape index (κ3) is 5.91. The van der Waals surface area contributed by atoms with Crippen LogP contribution >= 0.6 is 0 Å². The van der Waals surface area contributed by atoms with Crippen LogP contribution in [-0.2, 0) is 21.2 Å². The fraction of sp³-hybridized carbons (Fsp3) is 0.381. The van der Waals surface area contributed by atoms with Crippen molar-refractivity contribution < 1.29 is 13.2 Å². The quantitative estimate of drug-likeness (QED) is 0.756. The molecule has 0 saturated carbocycles. The number of sulfonamides is 1. The molecule has 1 atom stereocenters. The summed E-state index contributed by atoms with van der Waals surface area (Å²) in [7, 11) is -2.27. The largest absolute Gasteiger partial charge is 0.352 e. The van der Waals surface area contributed by atoms with Gasteiger partial charge in [0.2, 0.25) is 15.9 Å². The predicted molar refractivity (Wildman–Crippen MR) is 108 cm³/mol. The Morgan fingerprint density at radius 3 is 2.44 bits per heavy atom. The molecule has 0 saturated heterocycles. The van der Waals surface area contributed by atoms with Crippen molar-refractivity contribution in [1.82, 2.24) is 9.62 Å². The fourth-order valence-electron chi connectivity index (χ4n) is 2.86. The zero-order valence-corrected chi connectivity index (χ0v) is 17.2. The van der Waals surface area contributed by atoms with Gasteiger partial charge in [0.15, 0.2) is 0 Å². The Labute approximate surface area is 162 Å². The molecular weight excluding hydrogens is 360 g/mol. The van der Waals surface area contributed by atoms with Crippen molar-refractivity contribution in [1.29, 1.82) is 0 Å². The van der Waals surface area contributed by atoms with Crippen LogP contribution < -0.4 is 5.32 Å². The molecule has 2 aromatic rings. The minimum Gasteiger partial charge on any atom is -0.352 e. The summed E-state index contributed by atoms with van der Waals surface area (Å²) in [6.45, 7) is 5.33. The maximum Gasteiger partial charge on any atom is 0.243 e. The Balaban J connectivity index is 1.93. The highest BCUT2D eigenvalue weighted by Crippen LogP contribution is 2.20. The summed E-state index contributed by atoms with van der Waals surface area (Å²) in [6.07, 6.45) is 1.65. The van der Waals surface area contributed by atoms with Crippen LogP contribution in [-0.4, -0.2) is 38.3 Å². The number of benzene rings is 2. The van der Waals surface area contributed by atoms with Gasteiger partial charge in [0, 0.05) is 13.1 Å². The van der Waals surface area contributed by atoms with Gasteiger partial charge in [-0.2, -0.15) is 4.31 Å². The SMILES string of the molecule is Cc1ccc(C)c(S(=O)(=O)N(C)CC(=O)N[C@H](C)CCc2ccccc2)c1. The van der Waals surface area contributed by atoms with E-state index in [-0.39, 0.29) is 23.4 Å². The molecule has 0 bridgehead atoms. The highest BCUT2D eigenvalue weighted by atomic mass is 32.2. The second-order valence-corrected chi connectivity index (χ2v) is 9.04. The molecule has 0 radical (unpaired) electrons. The fourth-order valence-corrected chi connectivity index (χ4v) is 4.29. The first kappa shape index (κ1) is 21.1. The molecule has 0 spiro atoms. The molecule has 6 heteroatoms. The maximum absolute atomic E-state index is 12.8. The van der Waals surface area contributed by atoms with Crippen LogP contribution in [0.4, 0.5) is 0 Å². The van der Waals surface area contributed by atoms with Crippen LogP contribution in [0.3, 0.4) is 0 Å². The number of aryl methyl sites for hydroxylation is 3. The molecule has 0 heterocycles.